The van der Waals surface area contributed by atoms with Crippen molar-refractivity contribution in [2.45, 2.75) is 23.8 Å². The standard InChI is InChI=1S/C18H13Cl2F2NO5S/c19-12-7-13(20)17(29(26,27)23-10-2-3-10)6-11(12)18(25)28-8-16(24)9-1-4-14(21)15(22)5-9/h1,4-7,10,23H,2-3,8H2. The Morgan fingerprint density at radius 3 is 2.38 bits per heavy atom. The Kier molecular flexibility index (Phi) is 6.23. The van der Waals surface area contributed by atoms with E-state index < -0.39 is 40.0 Å². The molecule has 2 aromatic carbocycles. The van der Waals surface area contributed by atoms with Gasteiger partial charge < -0.3 is 4.74 Å². The van der Waals surface area contributed by atoms with Gasteiger partial charge in [0.2, 0.25) is 10.0 Å². The molecule has 0 radical (unpaired) electrons. The maximum atomic E-state index is 13.2. The average Bonchev–Trinajstić information content (AvgIpc) is 3.44. The summed E-state index contributed by atoms with van der Waals surface area (Å²) in [7, 11) is -3.98. The molecule has 11 heteroatoms. The molecule has 0 bridgehead atoms. The van der Waals surface area contributed by atoms with E-state index in [-0.39, 0.29) is 32.1 Å². The van der Waals surface area contributed by atoms with Crippen LogP contribution >= 0.6 is 23.2 Å². The van der Waals surface area contributed by atoms with E-state index in [4.69, 9.17) is 27.9 Å². The lowest BCUT2D eigenvalue weighted by atomic mass is 10.1. The van der Waals surface area contributed by atoms with Crippen LogP contribution in [-0.2, 0) is 14.8 Å². The van der Waals surface area contributed by atoms with Crippen molar-refractivity contribution in [2.75, 3.05) is 6.61 Å². The Morgan fingerprint density at radius 2 is 1.76 bits per heavy atom. The molecule has 3 rings (SSSR count). The molecule has 1 aliphatic rings. The zero-order valence-electron chi connectivity index (χ0n) is 14.5. The van der Waals surface area contributed by atoms with Crippen LogP contribution in [0.3, 0.4) is 0 Å². The molecule has 1 saturated carbocycles. The van der Waals surface area contributed by atoms with Gasteiger partial charge >= 0.3 is 5.97 Å². The first kappa shape index (κ1) is 21.6. The Labute approximate surface area is 174 Å². The topological polar surface area (TPSA) is 89.5 Å². The monoisotopic (exact) mass is 463 g/mol. The van der Waals surface area contributed by atoms with Gasteiger partial charge in [-0.15, -0.1) is 0 Å². The maximum Gasteiger partial charge on any atom is 0.340 e. The van der Waals surface area contributed by atoms with Crippen molar-refractivity contribution in [1.82, 2.24) is 4.72 Å². The van der Waals surface area contributed by atoms with E-state index in [0.717, 1.165) is 24.3 Å². The van der Waals surface area contributed by atoms with Gasteiger partial charge in [-0.1, -0.05) is 23.2 Å². The number of sulfonamides is 1. The van der Waals surface area contributed by atoms with Gasteiger partial charge in [0.15, 0.2) is 24.0 Å². The summed E-state index contributed by atoms with van der Waals surface area (Å²) in [4.78, 5) is 24.0. The number of rotatable bonds is 7. The molecule has 0 aliphatic heterocycles. The summed E-state index contributed by atoms with van der Waals surface area (Å²) in [5.41, 5.74) is -0.513. The lowest BCUT2D eigenvalue weighted by molar-refractivity contribution is 0.0474. The van der Waals surface area contributed by atoms with Crippen LogP contribution in [-0.4, -0.2) is 32.8 Å². The highest BCUT2D eigenvalue weighted by Crippen LogP contribution is 2.31. The van der Waals surface area contributed by atoms with E-state index in [2.05, 4.69) is 4.72 Å². The quantitative estimate of drug-likeness (QED) is 0.498. The lowest BCUT2D eigenvalue weighted by Gasteiger charge is -2.11. The summed E-state index contributed by atoms with van der Waals surface area (Å²) in [6.07, 6.45) is 1.40. The van der Waals surface area contributed by atoms with Gasteiger partial charge in [0.1, 0.15) is 4.90 Å². The summed E-state index contributed by atoms with van der Waals surface area (Å²) in [6, 6.07) is 4.34. The second-order valence-electron chi connectivity index (χ2n) is 6.29. The fraction of sp³-hybridized carbons (Fsp3) is 0.222. The second kappa shape index (κ2) is 8.35. The van der Waals surface area contributed by atoms with E-state index in [1.54, 1.807) is 0 Å². The third-order valence-corrected chi connectivity index (χ3v) is 6.30. The fourth-order valence-corrected chi connectivity index (χ4v) is 4.49. The highest BCUT2D eigenvalue weighted by atomic mass is 35.5. The van der Waals surface area contributed by atoms with Crippen molar-refractivity contribution in [3.63, 3.8) is 0 Å². The van der Waals surface area contributed by atoms with E-state index >= 15 is 0 Å². The largest absolute Gasteiger partial charge is 0.454 e. The first-order chi connectivity index (χ1) is 13.6. The number of nitrogens with one attached hydrogen (secondary N) is 1. The van der Waals surface area contributed by atoms with Crippen LogP contribution in [0.2, 0.25) is 10.0 Å². The number of carbonyl (C=O) groups excluding carboxylic acids is 2. The van der Waals surface area contributed by atoms with Crippen LogP contribution in [0.25, 0.3) is 0 Å². The van der Waals surface area contributed by atoms with E-state index in [1.807, 2.05) is 0 Å². The van der Waals surface area contributed by atoms with Crippen molar-refractivity contribution in [2.24, 2.45) is 0 Å². The van der Waals surface area contributed by atoms with E-state index in [1.165, 1.54) is 0 Å². The molecule has 0 spiro atoms. The molecule has 0 unspecified atom stereocenters. The van der Waals surface area contributed by atoms with Crippen LogP contribution in [0.1, 0.15) is 33.6 Å². The van der Waals surface area contributed by atoms with Gasteiger partial charge in [-0.2, -0.15) is 0 Å². The number of hydrogen-bond donors (Lipinski definition) is 1. The zero-order chi connectivity index (χ0) is 21.3. The molecule has 1 aliphatic carbocycles. The van der Waals surface area contributed by atoms with Gasteiger partial charge in [0.05, 0.1) is 15.6 Å². The molecule has 29 heavy (non-hydrogen) atoms. The normalized spacial score (nSPS) is 13.9. The van der Waals surface area contributed by atoms with Crippen molar-refractivity contribution in [1.29, 1.82) is 0 Å². The van der Waals surface area contributed by atoms with Crippen molar-refractivity contribution < 1.29 is 31.5 Å². The Bertz CT molecular complexity index is 1100. The van der Waals surface area contributed by atoms with E-state index in [9.17, 15) is 26.8 Å². The molecule has 1 fully saturated rings. The van der Waals surface area contributed by atoms with Gasteiger partial charge in [0, 0.05) is 11.6 Å². The number of esters is 1. The predicted molar refractivity (Wildman–Crippen MR) is 101 cm³/mol. The summed E-state index contributed by atoms with van der Waals surface area (Å²) >= 11 is 11.9. The predicted octanol–water partition coefficient (Wildman–Crippen LogP) is 3.75. The molecule has 2 aromatic rings. The molecule has 0 atom stereocenters. The van der Waals surface area contributed by atoms with Gasteiger partial charge in [-0.3, -0.25) is 4.79 Å². The number of ketones is 1. The molecule has 1 N–H and O–H groups in total. The third-order valence-electron chi connectivity index (χ3n) is 4.01. The van der Waals surface area contributed by atoms with Gasteiger partial charge in [0.25, 0.3) is 0 Å². The first-order valence-corrected chi connectivity index (χ1v) is 10.5. The number of benzene rings is 2. The van der Waals surface area contributed by atoms with Crippen LogP contribution in [0.15, 0.2) is 35.2 Å². The Morgan fingerprint density at radius 1 is 1.07 bits per heavy atom. The maximum absolute atomic E-state index is 13.2. The zero-order valence-corrected chi connectivity index (χ0v) is 16.9. The highest BCUT2D eigenvalue weighted by Gasteiger charge is 2.30. The van der Waals surface area contributed by atoms with Crippen LogP contribution in [0.4, 0.5) is 8.78 Å². The molecule has 0 heterocycles. The molecule has 154 valence electrons. The molecule has 0 aromatic heterocycles. The summed E-state index contributed by atoms with van der Waals surface area (Å²) in [5, 5.41) is -0.358. The van der Waals surface area contributed by atoms with Crippen molar-refractivity contribution in [3.05, 3.63) is 63.1 Å². The second-order valence-corrected chi connectivity index (χ2v) is 8.78. The van der Waals surface area contributed by atoms with Gasteiger partial charge in [-0.05, 0) is 43.2 Å². The minimum Gasteiger partial charge on any atom is -0.454 e. The number of ether oxygens (including phenoxy) is 1. The highest BCUT2D eigenvalue weighted by molar-refractivity contribution is 7.89. The number of halogens is 4. The first-order valence-electron chi connectivity index (χ1n) is 8.25. The molecule has 0 amide bonds. The number of carbonyl (C=O) groups is 2. The van der Waals surface area contributed by atoms with Gasteiger partial charge in [-0.25, -0.2) is 26.7 Å². The molecule has 6 nitrogen and oxygen atoms in total. The van der Waals surface area contributed by atoms with Crippen molar-refractivity contribution in [3.8, 4) is 0 Å². The molecular weight excluding hydrogens is 451 g/mol. The lowest BCUT2D eigenvalue weighted by Crippen LogP contribution is -2.26. The summed E-state index contributed by atoms with van der Waals surface area (Å²) in [5.74, 6) is -4.21. The number of hydrogen-bond acceptors (Lipinski definition) is 5. The van der Waals surface area contributed by atoms with E-state index in [0.29, 0.717) is 18.9 Å². The molecule has 0 saturated heterocycles. The van der Waals surface area contributed by atoms with Crippen LogP contribution in [0, 0.1) is 11.6 Å². The Hall–Kier alpha value is -2.07. The SMILES string of the molecule is O=C(COC(=O)c1cc(S(=O)(=O)NC2CC2)c(Cl)cc1Cl)c1ccc(F)c(F)c1. The van der Waals surface area contributed by atoms with Crippen LogP contribution in [0.5, 0.6) is 0 Å². The summed E-state index contributed by atoms with van der Waals surface area (Å²) < 4.78 is 58.2. The smallest absolute Gasteiger partial charge is 0.340 e. The van der Waals surface area contributed by atoms with Crippen LogP contribution < -0.4 is 4.72 Å². The molecular formula is C18H13Cl2F2NO5S. The Balaban J connectivity index is 1.77. The minimum absolute atomic E-state index is 0.175. The third kappa shape index (κ3) is 5.11. The average molecular weight is 464 g/mol. The van der Waals surface area contributed by atoms with Crippen molar-refractivity contribution >= 4 is 45.0 Å². The minimum atomic E-state index is -3.98. The fourth-order valence-electron chi connectivity index (χ4n) is 2.34. The summed E-state index contributed by atoms with van der Waals surface area (Å²) in [6.45, 7) is -0.786. The number of Topliss-reactive ketones (excluding diaryl/α,β-unsaturated/α-hetero) is 1.